The van der Waals surface area contributed by atoms with Crippen LogP contribution in [-0.2, 0) is 4.79 Å². The quantitative estimate of drug-likeness (QED) is 0.651. The summed E-state index contributed by atoms with van der Waals surface area (Å²) in [4.78, 5) is 23.6. The summed E-state index contributed by atoms with van der Waals surface area (Å²) in [6, 6.07) is 3.88. The van der Waals surface area contributed by atoms with Gasteiger partial charge in [0.2, 0.25) is 5.91 Å². The summed E-state index contributed by atoms with van der Waals surface area (Å²) in [5, 5.41) is 9.06. The number of carbonyl (C=O) groups excluding carboxylic acids is 1. The van der Waals surface area contributed by atoms with Gasteiger partial charge in [-0.1, -0.05) is 0 Å². The van der Waals surface area contributed by atoms with Gasteiger partial charge in [-0.15, -0.1) is 0 Å². The summed E-state index contributed by atoms with van der Waals surface area (Å²) in [5.74, 6) is -1.63. The molecule has 0 radical (unpaired) electrons. The van der Waals surface area contributed by atoms with Crippen LogP contribution < -0.4 is 16.4 Å². The Morgan fingerprint density at radius 3 is 2.47 bits per heavy atom. The lowest BCUT2D eigenvalue weighted by Crippen LogP contribution is -2.40. The zero-order chi connectivity index (χ0) is 13.2. The number of carboxylic acids is 1. The Hall–Kier alpha value is -2.24. The van der Waals surface area contributed by atoms with Crippen molar-refractivity contribution in [3.05, 3.63) is 23.8 Å². The molecule has 1 aromatic carbocycles. The van der Waals surface area contributed by atoms with Crippen molar-refractivity contribution in [2.45, 2.75) is 13.0 Å². The molecule has 92 valence electrons. The highest BCUT2D eigenvalue weighted by Crippen LogP contribution is 2.23. The van der Waals surface area contributed by atoms with Crippen LogP contribution in [0, 0.1) is 0 Å². The number of carbonyl (C=O) groups is 2. The van der Waals surface area contributed by atoms with Crippen molar-refractivity contribution in [2.24, 2.45) is 5.73 Å². The van der Waals surface area contributed by atoms with Crippen LogP contribution in [0.2, 0.25) is 0 Å². The van der Waals surface area contributed by atoms with Crippen molar-refractivity contribution in [3.63, 3.8) is 0 Å². The minimum absolute atomic E-state index is 0.0422. The maximum absolute atomic E-state index is 11.1. The van der Waals surface area contributed by atoms with E-state index in [-0.39, 0.29) is 5.56 Å². The maximum atomic E-state index is 11.1. The second-order valence-electron chi connectivity index (χ2n) is 3.77. The minimum Gasteiger partial charge on any atom is -0.478 e. The van der Waals surface area contributed by atoms with Gasteiger partial charge in [-0.25, -0.2) is 4.79 Å². The average molecular weight is 237 g/mol. The lowest BCUT2D eigenvalue weighted by Gasteiger charge is -2.26. The van der Waals surface area contributed by atoms with Crippen LogP contribution in [0.4, 0.5) is 11.4 Å². The smallest absolute Gasteiger partial charge is 0.337 e. The second-order valence-corrected chi connectivity index (χ2v) is 3.77. The molecule has 0 spiro atoms. The Balaban J connectivity index is 3.21. The molecule has 0 heterocycles. The number of rotatable bonds is 4. The predicted octanol–water partition coefficient (Wildman–Crippen LogP) is 0.277. The molecule has 5 N–H and O–H groups in total. The number of nitrogens with two attached hydrogens (primary N) is 2. The van der Waals surface area contributed by atoms with Gasteiger partial charge in [-0.3, -0.25) is 4.79 Å². The van der Waals surface area contributed by atoms with Crippen molar-refractivity contribution in [1.82, 2.24) is 0 Å². The topological polar surface area (TPSA) is 110 Å². The molecular weight excluding hydrogens is 222 g/mol. The van der Waals surface area contributed by atoms with E-state index in [9.17, 15) is 9.59 Å². The molecule has 0 fully saturated rings. The van der Waals surface area contributed by atoms with Crippen LogP contribution >= 0.6 is 0 Å². The van der Waals surface area contributed by atoms with E-state index in [1.54, 1.807) is 26.1 Å². The lowest BCUT2D eigenvalue weighted by molar-refractivity contribution is -0.118. The van der Waals surface area contributed by atoms with Crippen LogP contribution in [0.15, 0.2) is 18.2 Å². The SMILES string of the molecule is CC(C(N)=O)N(C)c1ccc(N)cc1C(=O)O. The van der Waals surface area contributed by atoms with E-state index < -0.39 is 17.9 Å². The fraction of sp³-hybridized carbons (Fsp3) is 0.273. The number of nitrogens with zero attached hydrogens (tertiary/aromatic N) is 1. The summed E-state index contributed by atoms with van der Waals surface area (Å²) >= 11 is 0. The molecule has 0 aliphatic heterocycles. The number of likely N-dealkylation sites (N-methyl/N-ethyl adjacent to an activating group) is 1. The van der Waals surface area contributed by atoms with Crippen molar-refractivity contribution in [2.75, 3.05) is 17.7 Å². The van der Waals surface area contributed by atoms with Crippen LogP contribution in [0.3, 0.4) is 0 Å². The number of benzene rings is 1. The Morgan fingerprint density at radius 2 is 2.00 bits per heavy atom. The van der Waals surface area contributed by atoms with Gasteiger partial charge in [-0.05, 0) is 25.1 Å². The highest BCUT2D eigenvalue weighted by atomic mass is 16.4. The van der Waals surface area contributed by atoms with Crippen LogP contribution in [-0.4, -0.2) is 30.1 Å². The summed E-state index contributed by atoms with van der Waals surface area (Å²) in [7, 11) is 1.60. The molecule has 6 nitrogen and oxygen atoms in total. The van der Waals surface area contributed by atoms with Crippen LogP contribution in [0.5, 0.6) is 0 Å². The molecule has 1 unspecified atom stereocenters. The van der Waals surface area contributed by atoms with Crippen molar-refractivity contribution >= 4 is 23.3 Å². The van der Waals surface area contributed by atoms with E-state index in [0.29, 0.717) is 11.4 Å². The van der Waals surface area contributed by atoms with E-state index in [2.05, 4.69) is 0 Å². The van der Waals surface area contributed by atoms with Gasteiger partial charge in [0.15, 0.2) is 0 Å². The third-order valence-electron chi connectivity index (χ3n) is 2.62. The molecule has 0 aromatic heterocycles. The van der Waals surface area contributed by atoms with Gasteiger partial charge < -0.3 is 21.5 Å². The minimum atomic E-state index is -1.10. The number of primary amides is 1. The number of aromatic carboxylic acids is 1. The molecule has 0 bridgehead atoms. The van der Waals surface area contributed by atoms with Gasteiger partial charge in [0, 0.05) is 12.7 Å². The van der Waals surface area contributed by atoms with Crippen molar-refractivity contribution in [1.29, 1.82) is 0 Å². The third kappa shape index (κ3) is 2.66. The first-order valence-electron chi connectivity index (χ1n) is 4.99. The molecular formula is C11H15N3O3. The van der Waals surface area contributed by atoms with E-state index in [1.807, 2.05) is 0 Å². The summed E-state index contributed by atoms with van der Waals surface area (Å²) in [6.45, 7) is 1.60. The first-order valence-corrected chi connectivity index (χ1v) is 4.99. The zero-order valence-corrected chi connectivity index (χ0v) is 9.68. The predicted molar refractivity (Wildman–Crippen MR) is 64.9 cm³/mol. The molecule has 1 amide bonds. The van der Waals surface area contributed by atoms with Gasteiger partial charge in [0.05, 0.1) is 11.3 Å². The zero-order valence-electron chi connectivity index (χ0n) is 9.68. The van der Waals surface area contributed by atoms with Crippen LogP contribution in [0.1, 0.15) is 17.3 Å². The molecule has 0 saturated carbocycles. The second kappa shape index (κ2) is 4.73. The number of anilines is 2. The Labute approximate surface area is 98.8 Å². The fourth-order valence-corrected chi connectivity index (χ4v) is 1.43. The van der Waals surface area contributed by atoms with Gasteiger partial charge >= 0.3 is 5.97 Å². The largest absolute Gasteiger partial charge is 0.478 e. The number of nitrogen functional groups attached to an aromatic ring is 1. The average Bonchev–Trinajstić information content (AvgIpc) is 2.26. The van der Waals surface area contributed by atoms with Crippen LogP contribution in [0.25, 0.3) is 0 Å². The van der Waals surface area contributed by atoms with Gasteiger partial charge in [-0.2, -0.15) is 0 Å². The van der Waals surface area contributed by atoms with E-state index >= 15 is 0 Å². The lowest BCUT2D eigenvalue weighted by atomic mass is 10.1. The highest BCUT2D eigenvalue weighted by Gasteiger charge is 2.20. The fourth-order valence-electron chi connectivity index (χ4n) is 1.43. The van der Waals surface area contributed by atoms with Crippen molar-refractivity contribution < 1.29 is 14.7 Å². The molecule has 1 rings (SSSR count). The standard InChI is InChI=1S/C11H15N3O3/c1-6(10(13)15)14(2)9-4-3-7(12)5-8(9)11(16)17/h3-6H,12H2,1-2H3,(H2,13,15)(H,16,17). The van der Waals surface area contributed by atoms with E-state index in [1.165, 1.54) is 11.0 Å². The Bertz CT molecular complexity index is 459. The number of hydrogen-bond donors (Lipinski definition) is 3. The first kappa shape index (κ1) is 12.8. The molecule has 0 aliphatic rings. The Morgan fingerprint density at radius 1 is 1.41 bits per heavy atom. The van der Waals surface area contributed by atoms with E-state index in [4.69, 9.17) is 16.6 Å². The molecule has 6 heteroatoms. The summed E-state index contributed by atoms with van der Waals surface area (Å²) in [5.41, 5.74) is 11.5. The van der Waals surface area contributed by atoms with Gasteiger partial charge in [0.1, 0.15) is 6.04 Å². The summed E-state index contributed by atoms with van der Waals surface area (Å²) in [6.07, 6.45) is 0. The van der Waals surface area contributed by atoms with E-state index in [0.717, 1.165) is 0 Å². The monoisotopic (exact) mass is 237 g/mol. The number of amides is 1. The molecule has 0 aliphatic carbocycles. The first-order chi connectivity index (χ1) is 7.84. The molecule has 17 heavy (non-hydrogen) atoms. The summed E-state index contributed by atoms with van der Waals surface area (Å²) < 4.78 is 0. The van der Waals surface area contributed by atoms with Gasteiger partial charge in [0.25, 0.3) is 0 Å². The normalized spacial score (nSPS) is 11.9. The highest BCUT2D eigenvalue weighted by molar-refractivity contribution is 5.96. The molecule has 0 saturated heterocycles. The Kier molecular flexibility index (Phi) is 3.57. The molecule has 1 aromatic rings. The van der Waals surface area contributed by atoms with Crippen molar-refractivity contribution in [3.8, 4) is 0 Å². The number of carboxylic acid groups (broad SMARTS) is 1. The third-order valence-corrected chi connectivity index (χ3v) is 2.62. The number of hydrogen-bond acceptors (Lipinski definition) is 4. The maximum Gasteiger partial charge on any atom is 0.337 e. The molecule has 1 atom stereocenters.